The topological polar surface area (TPSA) is 68.0 Å². The van der Waals surface area contributed by atoms with Crippen molar-refractivity contribution in [3.8, 4) is 0 Å². The van der Waals surface area contributed by atoms with Crippen LogP contribution in [0.3, 0.4) is 0 Å². The largest absolute Gasteiger partial charge is 0.476 e. The second kappa shape index (κ2) is 5.36. The van der Waals surface area contributed by atoms with Gasteiger partial charge in [-0.15, -0.1) is 5.10 Å². The summed E-state index contributed by atoms with van der Waals surface area (Å²) in [4.78, 5) is 11.1. The molecule has 106 valence electrons. The van der Waals surface area contributed by atoms with Gasteiger partial charge in [0.2, 0.25) is 0 Å². The maximum atomic E-state index is 13.6. The molecular weight excluding hydrogens is 268 g/mol. The molecule has 2 aromatic rings. The number of carboxylic acids is 1. The van der Waals surface area contributed by atoms with Gasteiger partial charge in [-0.2, -0.15) is 0 Å². The summed E-state index contributed by atoms with van der Waals surface area (Å²) < 4.78 is 28.1. The summed E-state index contributed by atoms with van der Waals surface area (Å²) in [5.74, 6) is -3.27. The number of halogens is 2. The van der Waals surface area contributed by atoms with Crippen LogP contribution < -0.4 is 0 Å². The van der Waals surface area contributed by atoms with E-state index in [0.29, 0.717) is 5.69 Å². The molecule has 7 heteroatoms. The molecule has 0 unspecified atom stereocenters. The number of carbonyl (C=O) groups is 1. The van der Waals surface area contributed by atoms with Gasteiger partial charge in [-0.1, -0.05) is 31.2 Å². The summed E-state index contributed by atoms with van der Waals surface area (Å²) in [6, 6.07) is 3.83. The fourth-order valence-corrected chi connectivity index (χ4v) is 1.99. The maximum Gasteiger partial charge on any atom is 0.358 e. The molecule has 20 heavy (non-hydrogen) atoms. The lowest BCUT2D eigenvalue weighted by Crippen LogP contribution is -2.12. The molecule has 0 spiro atoms. The fraction of sp³-hybridized carbons (Fsp3) is 0.308. The lowest BCUT2D eigenvalue weighted by molar-refractivity contribution is 0.0688. The van der Waals surface area contributed by atoms with Gasteiger partial charge < -0.3 is 5.11 Å². The number of nitrogens with zero attached hydrogens (tertiary/aromatic N) is 3. The van der Waals surface area contributed by atoms with Crippen molar-refractivity contribution >= 4 is 5.97 Å². The lowest BCUT2D eigenvalue weighted by atomic mass is 10.1. The summed E-state index contributed by atoms with van der Waals surface area (Å²) in [6.45, 7) is 3.49. The standard InChI is InChI=1S/C13H13F2N3O2/c1-7(2)12-11(13(19)20)16-17-18(12)6-8-4-3-5-9(14)10(8)15/h3-5,7H,6H2,1-2H3,(H,19,20). The summed E-state index contributed by atoms with van der Waals surface area (Å²) in [5, 5.41) is 16.3. The average molecular weight is 281 g/mol. The summed E-state index contributed by atoms with van der Waals surface area (Å²) >= 11 is 0. The average Bonchev–Trinajstić information content (AvgIpc) is 2.79. The van der Waals surface area contributed by atoms with Crippen molar-refractivity contribution in [2.45, 2.75) is 26.3 Å². The number of hydrogen-bond donors (Lipinski definition) is 1. The van der Waals surface area contributed by atoms with Gasteiger partial charge in [-0.25, -0.2) is 18.3 Å². The zero-order chi connectivity index (χ0) is 14.9. The molecule has 0 radical (unpaired) electrons. The highest BCUT2D eigenvalue weighted by molar-refractivity contribution is 5.86. The Morgan fingerprint density at radius 1 is 1.40 bits per heavy atom. The minimum absolute atomic E-state index is 0.0720. The molecule has 0 saturated heterocycles. The van der Waals surface area contributed by atoms with E-state index in [1.807, 2.05) is 0 Å². The Hall–Kier alpha value is -2.31. The number of aromatic carboxylic acids is 1. The molecule has 0 aliphatic carbocycles. The third kappa shape index (κ3) is 2.52. The number of hydrogen-bond acceptors (Lipinski definition) is 3. The molecule has 0 saturated carbocycles. The highest BCUT2D eigenvalue weighted by Crippen LogP contribution is 2.20. The second-order valence-corrected chi connectivity index (χ2v) is 4.65. The highest BCUT2D eigenvalue weighted by Gasteiger charge is 2.22. The van der Waals surface area contributed by atoms with Crippen molar-refractivity contribution < 1.29 is 18.7 Å². The van der Waals surface area contributed by atoms with Gasteiger partial charge >= 0.3 is 5.97 Å². The van der Waals surface area contributed by atoms with Crippen LogP contribution in [0.1, 0.15) is 41.5 Å². The fourth-order valence-electron chi connectivity index (χ4n) is 1.99. The monoisotopic (exact) mass is 281 g/mol. The minimum Gasteiger partial charge on any atom is -0.476 e. The third-order valence-electron chi connectivity index (χ3n) is 2.87. The van der Waals surface area contributed by atoms with Crippen molar-refractivity contribution in [2.75, 3.05) is 0 Å². The van der Waals surface area contributed by atoms with Crippen molar-refractivity contribution in [3.63, 3.8) is 0 Å². The maximum absolute atomic E-state index is 13.6. The summed E-state index contributed by atoms with van der Waals surface area (Å²) in [5.41, 5.74) is 0.298. The minimum atomic E-state index is -1.19. The predicted molar refractivity (Wildman–Crippen MR) is 66.5 cm³/mol. The Bertz CT molecular complexity index is 653. The number of aromatic nitrogens is 3. The van der Waals surface area contributed by atoms with Crippen LogP contribution in [0.5, 0.6) is 0 Å². The number of rotatable bonds is 4. The van der Waals surface area contributed by atoms with Crippen molar-refractivity contribution in [1.29, 1.82) is 0 Å². The molecule has 5 nitrogen and oxygen atoms in total. The smallest absolute Gasteiger partial charge is 0.358 e. The molecule has 0 amide bonds. The van der Waals surface area contributed by atoms with E-state index in [1.54, 1.807) is 13.8 Å². The zero-order valence-electron chi connectivity index (χ0n) is 11.0. The van der Waals surface area contributed by atoms with Gasteiger partial charge in [-0.3, -0.25) is 0 Å². The van der Waals surface area contributed by atoms with Gasteiger partial charge in [0.1, 0.15) is 0 Å². The van der Waals surface area contributed by atoms with E-state index in [9.17, 15) is 13.6 Å². The van der Waals surface area contributed by atoms with Crippen LogP contribution in [0.15, 0.2) is 18.2 Å². The Labute approximate surface area is 113 Å². The molecule has 1 aromatic heterocycles. The Morgan fingerprint density at radius 2 is 2.10 bits per heavy atom. The molecule has 0 bridgehead atoms. The normalized spacial score (nSPS) is 11.1. The van der Waals surface area contributed by atoms with Crippen molar-refractivity contribution in [3.05, 3.63) is 46.8 Å². The van der Waals surface area contributed by atoms with Crippen LogP contribution in [0, 0.1) is 11.6 Å². The molecule has 0 aliphatic heterocycles. The van der Waals surface area contributed by atoms with E-state index in [0.717, 1.165) is 6.07 Å². The van der Waals surface area contributed by atoms with E-state index in [2.05, 4.69) is 10.3 Å². The van der Waals surface area contributed by atoms with Crippen LogP contribution in [0.2, 0.25) is 0 Å². The number of benzene rings is 1. The van der Waals surface area contributed by atoms with Gasteiger partial charge in [0.05, 0.1) is 12.2 Å². The Kier molecular flexibility index (Phi) is 3.78. The molecule has 1 aromatic carbocycles. The Balaban J connectivity index is 2.44. The SMILES string of the molecule is CC(C)c1c(C(=O)O)nnn1Cc1cccc(F)c1F. The zero-order valence-corrected chi connectivity index (χ0v) is 11.0. The van der Waals surface area contributed by atoms with E-state index < -0.39 is 17.6 Å². The predicted octanol–water partition coefficient (Wildman–Crippen LogP) is 2.43. The van der Waals surface area contributed by atoms with E-state index in [-0.39, 0.29) is 23.7 Å². The molecule has 1 heterocycles. The molecular formula is C13H13F2N3O2. The van der Waals surface area contributed by atoms with Gasteiger partial charge in [0.15, 0.2) is 17.3 Å². The highest BCUT2D eigenvalue weighted by atomic mass is 19.2. The molecule has 0 aliphatic rings. The van der Waals surface area contributed by atoms with Gasteiger partial charge in [0, 0.05) is 5.56 Å². The first-order valence-corrected chi connectivity index (χ1v) is 6.01. The Morgan fingerprint density at radius 3 is 2.70 bits per heavy atom. The van der Waals surface area contributed by atoms with Gasteiger partial charge in [-0.05, 0) is 12.0 Å². The van der Waals surface area contributed by atoms with Crippen LogP contribution >= 0.6 is 0 Å². The van der Waals surface area contributed by atoms with Crippen molar-refractivity contribution in [2.24, 2.45) is 0 Å². The van der Waals surface area contributed by atoms with E-state index >= 15 is 0 Å². The number of carboxylic acid groups (broad SMARTS) is 1. The van der Waals surface area contributed by atoms with Crippen LogP contribution in [0.4, 0.5) is 8.78 Å². The van der Waals surface area contributed by atoms with E-state index in [4.69, 9.17) is 5.11 Å². The third-order valence-corrected chi connectivity index (χ3v) is 2.87. The van der Waals surface area contributed by atoms with Crippen LogP contribution in [0.25, 0.3) is 0 Å². The van der Waals surface area contributed by atoms with Gasteiger partial charge in [0.25, 0.3) is 0 Å². The molecule has 0 atom stereocenters. The molecule has 2 rings (SSSR count). The van der Waals surface area contributed by atoms with Crippen LogP contribution in [-0.2, 0) is 6.54 Å². The first kappa shape index (κ1) is 14.1. The summed E-state index contributed by atoms with van der Waals surface area (Å²) in [7, 11) is 0. The molecule has 0 fully saturated rings. The molecule has 1 N–H and O–H groups in total. The first-order chi connectivity index (χ1) is 9.41. The van der Waals surface area contributed by atoms with E-state index in [1.165, 1.54) is 16.8 Å². The second-order valence-electron chi connectivity index (χ2n) is 4.65. The van der Waals surface area contributed by atoms with Crippen molar-refractivity contribution in [1.82, 2.24) is 15.0 Å². The van der Waals surface area contributed by atoms with Crippen LogP contribution in [-0.4, -0.2) is 26.1 Å². The summed E-state index contributed by atoms with van der Waals surface area (Å²) in [6.07, 6.45) is 0. The quantitative estimate of drug-likeness (QED) is 0.934. The lowest BCUT2D eigenvalue weighted by Gasteiger charge is -2.10. The first-order valence-electron chi connectivity index (χ1n) is 6.01.